The largest absolute Gasteiger partial charge is 0.254 e. The Kier molecular flexibility index (Phi) is 3.32. The van der Waals surface area contributed by atoms with Gasteiger partial charge in [-0.15, -0.1) is 0 Å². The zero-order chi connectivity index (χ0) is 8.97. The maximum atomic E-state index is 3.28. The summed E-state index contributed by atoms with van der Waals surface area (Å²) in [5.41, 5.74) is 0. The SMILES string of the molecule is CCC[n+]1cc[nH]c1CC(C)C. The average molecular weight is 167 g/mol. The number of aryl methyl sites for hydroxylation is 1. The highest BCUT2D eigenvalue weighted by Crippen LogP contribution is 2.00. The van der Waals surface area contributed by atoms with Gasteiger partial charge >= 0.3 is 0 Å². The lowest BCUT2D eigenvalue weighted by molar-refractivity contribution is -0.703. The monoisotopic (exact) mass is 167 g/mol. The first-order valence-electron chi connectivity index (χ1n) is 4.79. The molecule has 0 aromatic carbocycles. The molecule has 2 nitrogen and oxygen atoms in total. The highest BCUT2D eigenvalue weighted by molar-refractivity contribution is 4.78. The Balaban J connectivity index is 2.63. The standard InChI is InChI=1S/C10H18N2/c1-4-6-12-7-5-11-10(12)8-9(2)3/h5,7,9H,4,6,8H2,1-3H3/p+1. The summed E-state index contributed by atoms with van der Waals surface area (Å²) in [7, 11) is 0. The average Bonchev–Trinajstić information content (AvgIpc) is 2.37. The van der Waals surface area contributed by atoms with E-state index in [9.17, 15) is 0 Å². The maximum Gasteiger partial charge on any atom is 0.254 e. The number of nitrogens with zero attached hydrogens (tertiary/aromatic N) is 1. The molecule has 1 aromatic rings. The van der Waals surface area contributed by atoms with Gasteiger partial charge in [-0.25, -0.2) is 9.55 Å². The topological polar surface area (TPSA) is 19.7 Å². The van der Waals surface area contributed by atoms with Crippen LogP contribution in [0.5, 0.6) is 0 Å². The molecule has 0 atom stereocenters. The Morgan fingerprint density at radius 1 is 1.50 bits per heavy atom. The Morgan fingerprint density at radius 3 is 2.83 bits per heavy atom. The number of rotatable bonds is 4. The van der Waals surface area contributed by atoms with Crippen LogP contribution in [0.1, 0.15) is 33.0 Å². The van der Waals surface area contributed by atoms with E-state index >= 15 is 0 Å². The maximum absolute atomic E-state index is 3.28. The van der Waals surface area contributed by atoms with Gasteiger partial charge in [0.05, 0.1) is 13.0 Å². The molecule has 0 saturated carbocycles. The molecule has 1 heterocycles. The molecule has 0 aliphatic carbocycles. The van der Waals surface area contributed by atoms with Gasteiger partial charge in [0.2, 0.25) is 0 Å². The number of aromatic amines is 1. The molecule has 1 aromatic heterocycles. The van der Waals surface area contributed by atoms with Gasteiger partial charge in [-0.2, -0.15) is 0 Å². The van der Waals surface area contributed by atoms with E-state index in [0.717, 1.165) is 18.9 Å². The summed E-state index contributed by atoms with van der Waals surface area (Å²) >= 11 is 0. The highest BCUT2D eigenvalue weighted by Gasteiger charge is 2.10. The van der Waals surface area contributed by atoms with Gasteiger partial charge in [0.1, 0.15) is 12.4 Å². The van der Waals surface area contributed by atoms with Crippen molar-refractivity contribution in [2.45, 2.75) is 40.2 Å². The van der Waals surface area contributed by atoms with Gasteiger partial charge in [-0.1, -0.05) is 20.8 Å². The van der Waals surface area contributed by atoms with Crippen molar-refractivity contribution in [3.8, 4) is 0 Å². The molecule has 1 rings (SSSR count). The van der Waals surface area contributed by atoms with Crippen LogP contribution < -0.4 is 4.57 Å². The van der Waals surface area contributed by atoms with Crippen LogP contribution in [-0.2, 0) is 13.0 Å². The molecule has 68 valence electrons. The molecule has 0 amide bonds. The van der Waals surface area contributed by atoms with Gasteiger partial charge < -0.3 is 0 Å². The van der Waals surface area contributed by atoms with Crippen molar-refractivity contribution < 1.29 is 4.57 Å². The lowest BCUT2D eigenvalue weighted by Crippen LogP contribution is -2.36. The summed E-state index contributed by atoms with van der Waals surface area (Å²) in [4.78, 5) is 3.28. The zero-order valence-electron chi connectivity index (χ0n) is 8.30. The minimum Gasteiger partial charge on any atom is -0.248 e. The van der Waals surface area contributed by atoms with Crippen LogP contribution in [0, 0.1) is 5.92 Å². The molecule has 0 aliphatic rings. The van der Waals surface area contributed by atoms with Gasteiger partial charge in [0, 0.05) is 0 Å². The van der Waals surface area contributed by atoms with Crippen molar-refractivity contribution in [1.29, 1.82) is 0 Å². The second-order valence-corrected chi connectivity index (χ2v) is 3.70. The van der Waals surface area contributed by atoms with E-state index in [2.05, 4.69) is 36.5 Å². The molecular formula is C10H19N2+. The predicted molar refractivity (Wildman–Crippen MR) is 49.8 cm³/mol. The van der Waals surface area contributed by atoms with E-state index in [1.54, 1.807) is 0 Å². The number of aromatic nitrogens is 2. The molecule has 1 N–H and O–H groups in total. The Labute approximate surface area is 74.6 Å². The Hall–Kier alpha value is -0.790. The lowest BCUT2D eigenvalue weighted by atomic mass is 10.1. The first-order chi connectivity index (χ1) is 5.74. The number of H-pyrrole nitrogens is 1. The summed E-state index contributed by atoms with van der Waals surface area (Å²) in [5, 5.41) is 0. The molecule has 0 spiro atoms. The van der Waals surface area contributed by atoms with Gasteiger partial charge in [0.25, 0.3) is 5.82 Å². The number of hydrogen-bond donors (Lipinski definition) is 1. The van der Waals surface area contributed by atoms with Gasteiger partial charge in [0.15, 0.2) is 0 Å². The van der Waals surface area contributed by atoms with Crippen molar-refractivity contribution >= 4 is 0 Å². The highest BCUT2D eigenvalue weighted by atomic mass is 15.1. The molecule has 2 heteroatoms. The van der Waals surface area contributed by atoms with Crippen LogP contribution in [0.15, 0.2) is 12.4 Å². The van der Waals surface area contributed by atoms with Gasteiger partial charge in [-0.05, 0) is 12.3 Å². The lowest BCUT2D eigenvalue weighted by Gasteiger charge is -2.01. The second-order valence-electron chi connectivity index (χ2n) is 3.70. The van der Waals surface area contributed by atoms with Crippen molar-refractivity contribution in [1.82, 2.24) is 4.98 Å². The third kappa shape index (κ3) is 2.36. The van der Waals surface area contributed by atoms with Crippen LogP contribution >= 0.6 is 0 Å². The normalized spacial score (nSPS) is 11.0. The predicted octanol–water partition coefficient (Wildman–Crippen LogP) is 1.91. The van der Waals surface area contributed by atoms with Crippen LogP contribution in [0.2, 0.25) is 0 Å². The van der Waals surface area contributed by atoms with E-state index in [-0.39, 0.29) is 0 Å². The minimum atomic E-state index is 0.728. The van der Waals surface area contributed by atoms with Crippen molar-refractivity contribution in [3.05, 3.63) is 18.2 Å². The van der Waals surface area contributed by atoms with E-state index in [4.69, 9.17) is 0 Å². The number of hydrogen-bond acceptors (Lipinski definition) is 0. The van der Waals surface area contributed by atoms with Crippen LogP contribution in [-0.4, -0.2) is 4.98 Å². The number of nitrogens with one attached hydrogen (secondary N) is 1. The van der Waals surface area contributed by atoms with E-state index in [1.165, 1.54) is 12.2 Å². The Bertz CT molecular complexity index is 225. The van der Waals surface area contributed by atoms with E-state index < -0.39 is 0 Å². The molecule has 0 saturated heterocycles. The summed E-state index contributed by atoms with van der Waals surface area (Å²) in [6, 6.07) is 0. The zero-order valence-corrected chi connectivity index (χ0v) is 8.30. The minimum absolute atomic E-state index is 0.728. The van der Waals surface area contributed by atoms with E-state index in [1.807, 2.05) is 6.20 Å². The number of imidazole rings is 1. The van der Waals surface area contributed by atoms with Gasteiger partial charge in [-0.3, -0.25) is 0 Å². The summed E-state index contributed by atoms with van der Waals surface area (Å²) in [5.74, 6) is 2.08. The second kappa shape index (κ2) is 4.29. The summed E-state index contributed by atoms with van der Waals surface area (Å²) in [6.07, 6.45) is 6.50. The third-order valence-electron chi connectivity index (χ3n) is 1.92. The van der Waals surface area contributed by atoms with Crippen LogP contribution in [0.4, 0.5) is 0 Å². The molecule has 0 aliphatic heterocycles. The van der Waals surface area contributed by atoms with Crippen LogP contribution in [0.25, 0.3) is 0 Å². The fraction of sp³-hybridized carbons (Fsp3) is 0.700. The summed E-state index contributed by atoms with van der Waals surface area (Å²) in [6.45, 7) is 7.83. The van der Waals surface area contributed by atoms with Crippen molar-refractivity contribution in [2.75, 3.05) is 0 Å². The smallest absolute Gasteiger partial charge is 0.248 e. The summed E-state index contributed by atoms with van der Waals surface area (Å²) < 4.78 is 2.31. The quantitative estimate of drug-likeness (QED) is 0.661. The first-order valence-corrected chi connectivity index (χ1v) is 4.79. The molecule has 0 fully saturated rings. The fourth-order valence-electron chi connectivity index (χ4n) is 1.41. The Morgan fingerprint density at radius 2 is 2.25 bits per heavy atom. The third-order valence-corrected chi connectivity index (χ3v) is 1.92. The first kappa shape index (κ1) is 9.30. The molecular weight excluding hydrogens is 148 g/mol. The molecule has 12 heavy (non-hydrogen) atoms. The molecule has 0 radical (unpaired) electrons. The molecule has 0 unspecified atom stereocenters. The molecule has 0 bridgehead atoms. The van der Waals surface area contributed by atoms with E-state index in [0.29, 0.717) is 0 Å². The van der Waals surface area contributed by atoms with Crippen molar-refractivity contribution in [3.63, 3.8) is 0 Å². The van der Waals surface area contributed by atoms with Crippen LogP contribution in [0.3, 0.4) is 0 Å². The van der Waals surface area contributed by atoms with Crippen molar-refractivity contribution in [2.24, 2.45) is 5.92 Å². The fourth-order valence-corrected chi connectivity index (χ4v) is 1.41.